The third-order valence-corrected chi connectivity index (χ3v) is 4.87. The number of nitrogens with zero attached hydrogens (tertiary/aromatic N) is 2. The monoisotopic (exact) mass is 525 g/mol. The van der Waals surface area contributed by atoms with Gasteiger partial charge in [-0.3, -0.25) is 9.59 Å². The summed E-state index contributed by atoms with van der Waals surface area (Å²) in [6.07, 6.45) is 0. The van der Waals surface area contributed by atoms with Gasteiger partial charge in [-0.05, 0) is 46.8 Å². The van der Waals surface area contributed by atoms with Crippen LogP contribution in [0.2, 0.25) is 10.0 Å². The van der Waals surface area contributed by atoms with Crippen molar-refractivity contribution in [1.82, 2.24) is 0 Å². The number of hydrogen-bond acceptors (Lipinski definition) is 8. The molecule has 2 aromatic rings. The number of nitrogens with one attached hydrogen (secondary N) is 1. The lowest BCUT2D eigenvalue weighted by molar-refractivity contribution is -0.126. The Balaban J connectivity index is 2.36. The van der Waals surface area contributed by atoms with Gasteiger partial charge in [0.05, 0.1) is 31.5 Å². The Labute approximate surface area is 214 Å². The quantitative estimate of drug-likeness (QED) is 0.244. The van der Waals surface area contributed by atoms with Crippen LogP contribution in [0.15, 0.2) is 34.5 Å². The Kier molecular flexibility index (Phi) is 11.1. The third kappa shape index (κ3) is 7.73. The lowest BCUT2D eigenvalue weighted by Gasteiger charge is -2.16. The molecule has 0 spiro atoms. The minimum Gasteiger partial charge on any atom is -0.490 e. The first-order chi connectivity index (χ1) is 16.7. The van der Waals surface area contributed by atoms with Crippen LogP contribution in [0, 0.1) is 0 Å². The van der Waals surface area contributed by atoms with Crippen molar-refractivity contribution in [3.05, 3.63) is 34.3 Å². The number of anilines is 1. The highest BCUT2D eigenvalue weighted by molar-refractivity contribution is 6.32. The number of benzene rings is 2. The van der Waals surface area contributed by atoms with Crippen molar-refractivity contribution in [2.24, 2.45) is 10.2 Å². The van der Waals surface area contributed by atoms with Gasteiger partial charge in [0.15, 0.2) is 28.8 Å². The zero-order valence-corrected chi connectivity index (χ0v) is 21.8. The van der Waals surface area contributed by atoms with Gasteiger partial charge in [-0.25, -0.2) is 0 Å². The van der Waals surface area contributed by atoms with E-state index >= 15 is 0 Å². The van der Waals surface area contributed by atoms with Crippen molar-refractivity contribution in [2.75, 3.05) is 31.7 Å². The van der Waals surface area contributed by atoms with Crippen LogP contribution in [0.25, 0.3) is 0 Å². The number of hydrogen-bond donors (Lipinski definition) is 1. The molecule has 2 aromatic carbocycles. The van der Waals surface area contributed by atoms with Crippen LogP contribution in [0.4, 0.5) is 11.4 Å². The maximum absolute atomic E-state index is 12.9. The fourth-order valence-electron chi connectivity index (χ4n) is 3.02. The predicted octanol–water partition coefficient (Wildman–Crippen LogP) is 6.27. The molecule has 1 amide bonds. The highest BCUT2D eigenvalue weighted by atomic mass is 35.5. The van der Waals surface area contributed by atoms with E-state index in [1.54, 1.807) is 19.1 Å². The number of ether oxygens (including phenoxy) is 4. The van der Waals surface area contributed by atoms with E-state index in [-0.39, 0.29) is 10.7 Å². The van der Waals surface area contributed by atoms with Crippen molar-refractivity contribution in [3.63, 3.8) is 0 Å². The molecule has 0 saturated carbocycles. The number of rotatable bonds is 13. The minimum absolute atomic E-state index is 0.226. The van der Waals surface area contributed by atoms with Crippen molar-refractivity contribution in [2.45, 2.75) is 40.7 Å². The molecular formula is C24H29Cl2N3O6. The molecule has 35 heavy (non-hydrogen) atoms. The second-order valence-corrected chi connectivity index (χ2v) is 7.83. The molecule has 0 aliphatic rings. The molecule has 2 rings (SSSR count). The van der Waals surface area contributed by atoms with E-state index in [1.165, 1.54) is 19.1 Å². The maximum atomic E-state index is 12.9. The molecule has 0 saturated heterocycles. The summed E-state index contributed by atoms with van der Waals surface area (Å²) in [6, 6.07) is 4.73. The number of halogens is 2. The van der Waals surface area contributed by atoms with E-state index in [0.29, 0.717) is 60.1 Å². The topological polar surface area (TPSA) is 108 Å². The molecule has 1 N–H and O–H groups in total. The number of ketones is 1. The van der Waals surface area contributed by atoms with E-state index in [0.717, 1.165) is 0 Å². The first kappa shape index (κ1) is 28.2. The molecule has 1 unspecified atom stereocenters. The van der Waals surface area contributed by atoms with Crippen LogP contribution in [0.3, 0.4) is 0 Å². The third-order valence-electron chi connectivity index (χ3n) is 4.37. The number of carbonyl (C=O) groups is 2. The SMILES string of the molecule is CCOc1cc(NC(=O)C(N=Nc2cc(Cl)cc(OCC)c2OCC)C(C)=O)cc(Cl)c1OCC. The molecule has 9 nitrogen and oxygen atoms in total. The number of Topliss-reactive ketones (excluding diaryl/α,β-unsaturated/α-hetero) is 1. The predicted molar refractivity (Wildman–Crippen MR) is 135 cm³/mol. The van der Waals surface area contributed by atoms with Crippen molar-refractivity contribution >= 4 is 46.3 Å². The molecule has 0 aliphatic carbocycles. The highest BCUT2D eigenvalue weighted by Crippen LogP contribution is 2.41. The Hall–Kier alpha value is -3.04. The van der Waals surface area contributed by atoms with E-state index in [2.05, 4.69) is 15.5 Å². The first-order valence-electron chi connectivity index (χ1n) is 11.2. The zero-order valence-electron chi connectivity index (χ0n) is 20.3. The first-order valence-corrected chi connectivity index (χ1v) is 11.9. The van der Waals surface area contributed by atoms with E-state index in [4.69, 9.17) is 42.1 Å². The lowest BCUT2D eigenvalue weighted by Crippen LogP contribution is -2.31. The van der Waals surface area contributed by atoms with Crippen molar-refractivity contribution in [1.29, 1.82) is 0 Å². The van der Waals surface area contributed by atoms with Gasteiger partial charge >= 0.3 is 0 Å². The molecule has 0 aromatic heterocycles. The maximum Gasteiger partial charge on any atom is 0.258 e. The standard InChI is InChI=1S/C24H29Cl2N3O6/c1-6-32-19-11-15(25)10-18(23(19)35-9-4)28-29-21(14(5)30)24(31)27-16-12-17(26)22(34-8-3)20(13-16)33-7-2/h10-13,21H,6-9H2,1-5H3,(H,27,31). The van der Waals surface area contributed by atoms with Gasteiger partial charge in [-0.15, -0.1) is 0 Å². The number of amides is 1. The average molecular weight is 526 g/mol. The van der Waals surface area contributed by atoms with Crippen LogP contribution in [-0.4, -0.2) is 44.2 Å². The summed E-state index contributed by atoms with van der Waals surface area (Å²) < 4.78 is 22.3. The Morgan fingerprint density at radius 1 is 0.857 bits per heavy atom. The fraction of sp³-hybridized carbons (Fsp3) is 0.417. The Morgan fingerprint density at radius 2 is 1.43 bits per heavy atom. The molecule has 0 aliphatic heterocycles. The second-order valence-electron chi connectivity index (χ2n) is 6.99. The molecular weight excluding hydrogens is 497 g/mol. The second kappa shape index (κ2) is 13.7. The summed E-state index contributed by atoms with van der Waals surface area (Å²) in [5.74, 6) is 0.206. The molecule has 0 fully saturated rings. The Morgan fingerprint density at radius 3 is 2.00 bits per heavy atom. The number of azo groups is 1. The van der Waals surface area contributed by atoms with Gasteiger partial charge in [-0.2, -0.15) is 10.2 Å². The van der Waals surface area contributed by atoms with E-state index < -0.39 is 17.7 Å². The van der Waals surface area contributed by atoms with Gasteiger partial charge < -0.3 is 24.3 Å². The highest BCUT2D eigenvalue weighted by Gasteiger charge is 2.25. The molecule has 190 valence electrons. The minimum atomic E-state index is -1.43. The number of carbonyl (C=O) groups excluding carboxylic acids is 2. The zero-order chi connectivity index (χ0) is 26.0. The van der Waals surface area contributed by atoms with Crippen LogP contribution in [0.1, 0.15) is 34.6 Å². The smallest absolute Gasteiger partial charge is 0.258 e. The van der Waals surface area contributed by atoms with E-state index in [1.807, 2.05) is 20.8 Å². The Bertz CT molecular complexity index is 1080. The molecule has 1 atom stereocenters. The van der Waals surface area contributed by atoms with Crippen LogP contribution < -0.4 is 24.3 Å². The summed E-state index contributed by atoms with van der Waals surface area (Å²) in [5.41, 5.74) is 0.536. The summed E-state index contributed by atoms with van der Waals surface area (Å²) in [6.45, 7) is 9.95. The van der Waals surface area contributed by atoms with Gasteiger partial charge in [0.2, 0.25) is 6.04 Å². The fourth-order valence-corrected chi connectivity index (χ4v) is 3.49. The van der Waals surface area contributed by atoms with Gasteiger partial charge in [-0.1, -0.05) is 23.2 Å². The summed E-state index contributed by atoms with van der Waals surface area (Å²) in [7, 11) is 0. The summed E-state index contributed by atoms with van der Waals surface area (Å²) in [5, 5.41) is 11.3. The summed E-state index contributed by atoms with van der Waals surface area (Å²) >= 11 is 12.5. The van der Waals surface area contributed by atoms with Crippen molar-refractivity contribution < 1.29 is 28.5 Å². The van der Waals surface area contributed by atoms with Crippen LogP contribution >= 0.6 is 23.2 Å². The van der Waals surface area contributed by atoms with E-state index in [9.17, 15) is 9.59 Å². The molecule has 0 heterocycles. The molecule has 11 heteroatoms. The van der Waals surface area contributed by atoms with Gasteiger partial charge in [0, 0.05) is 22.8 Å². The summed E-state index contributed by atoms with van der Waals surface area (Å²) in [4.78, 5) is 25.2. The molecule has 0 radical (unpaired) electrons. The largest absolute Gasteiger partial charge is 0.490 e. The van der Waals surface area contributed by atoms with Crippen LogP contribution in [-0.2, 0) is 9.59 Å². The van der Waals surface area contributed by atoms with Gasteiger partial charge in [0.25, 0.3) is 5.91 Å². The normalized spacial score (nSPS) is 11.7. The molecule has 0 bridgehead atoms. The van der Waals surface area contributed by atoms with Crippen LogP contribution in [0.5, 0.6) is 23.0 Å². The van der Waals surface area contributed by atoms with Gasteiger partial charge in [0.1, 0.15) is 5.69 Å². The average Bonchev–Trinajstić information content (AvgIpc) is 2.78. The lowest BCUT2D eigenvalue weighted by atomic mass is 10.2. The van der Waals surface area contributed by atoms with Crippen molar-refractivity contribution in [3.8, 4) is 23.0 Å².